The fourth-order valence-corrected chi connectivity index (χ4v) is 1.60. The molecule has 0 fully saturated rings. The summed E-state index contributed by atoms with van der Waals surface area (Å²) < 4.78 is 5.23. The number of rotatable bonds is 5. The molecule has 0 heterocycles. The molecule has 0 atom stereocenters. The first-order valence-corrected chi connectivity index (χ1v) is 5.08. The molecule has 1 rings (SSSR count). The van der Waals surface area contributed by atoms with Crippen LogP contribution in [0.5, 0.6) is 0 Å². The van der Waals surface area contributed by atoms with Gasteiger partial charge in [0.05, 0.1) is 6.61 Å². The van der Waals surface area contributed by atoms with Crippen molar-refractivity contribution in [3.8, 4) is 0 Å². The molecule has 0 unspecified atom stereocenters. The molecule has 0 aliphatic heterocycles. The minimum atomic E-state index is 0.809. The highest BCUT2D eigenvalue weighted by atomic mass is 32.2. The average Bonchev–Trinajstić information content (AvgIpc) is 2.14. The van der Waals surface area contributed by atoms with E-state index in [1.807, 2.05) is 30.8 Å². The largest absolute Gasteiger partial charge is 0.381 e. The lowest BCUT2D eigenvalue weighted by Crippen LogP contribution is -1.95. The maximum atomic E-state index is 5.23. The van der Waals surface area contributed by atoms with E-state index in [4.69, 9.17) is 4.74 Å². The Labute approximate surface area is 78.1 Å². The van der Waals surface area contributed by atoms with Gasteiger partial charge in [0.2, 0.25) is 0 Å². The van der Waals surface area contributed by atoms with Crippen LogP contribution in [-0.2, 0) is 4.74 Å². The third kappa shape index (κ3) is 3.79. The lowest BCUT2D eigenvalue weighted by molar-refractivity contribution is 0.164. The molecule has 1 aromatic rings. The van der Waals surface area contributed by atoms with Crippen molar-refractivity contribution >= 4 is 11.8 Å². The molecule has 1 aromatic carbocycles. The number of hydrogen-bond acceptors (Lipinski definition) is 2. The van der Waals surface area contributed by atoms with Crippen LogP contribution in [0.15, 0.2) is 29.2 Å². The molecular formula is C10H13OS. The summed E-state index contributed by atoms with van der Waals surface area (Å²) in [4.78, 5) is 1.29. The Morgan fingerprint density at radius 2 is 2.17 bits per heavy atom. The van der Waals surface area contributed by atoms with Crippen LogP contribution in [0.2, 0.25) is 0 Å². The van der Waals surface area contributed by atoms with Crippen molar-refractivity contribution < 1.29 is 4.74 Å². The van der Waals surface area contributed by atoms with Gasteiger partial charge in [-0.15, -0.1) is 11.8 Å². The van der Waals surface area contributed by atoms with E-state index in [-0.39, 0.29) is 0 Å². The van der Waals surface area contributed by atoms with Crippen molar-refractivity contribution in [2.75, 3.05) is 19.0 Å². The van der Waals surface area contributed by atoms with Crippen LogP contribution in [0.3, 0.4) is 0 Å². The van der Waals surface area contributed by atoms with Gasteiger partial charge in [-0.3, -0.25) is 0 Å². The molecule has 0 spiro atoms. The second kappa shape index (κ2) is 6.09. The van der Waals surface area contributed by atoms with Crippen molar-refractivity contribution in [3.63, 3.8) is 0 Å². The monoisotopic (exact) mass is 181 g/mol. The Hall–Kier alpha value is -0.470. The molecule has 2 heteroatoms. The Morgan fingerprint density at radius 1 is 1.42 bits per heavy atom. The molecule has 0 aliphatic carbocycles. The lowest BCUT2D eigenvalue weighted by atomic mass is 10.4. The predicted octanol–water partition coefficient (Wildman–Crippen LogP) is 2.62. The van der Waals surface area contributed by atoms with Gasteiger partial charge in [0, 0.05) is 17.3 Å². The topological polar surface area (TPSA) is 9.23 Å². The quantitative estimate of drug-likeness (QED) is 0.510. The fraction of sp³-hybridized carbons (Fsp3) is 0.400. The second-order valence-electron chi connectivity index (χ2n) is 2.28. The summed E-state index contributed by atoms with van der Waals surface area (Å²) in [5.41, 5.74) is 0. The Kier molecular flexibility index (Phi) is 4.88. The van der Waals surface area contributed by atoms with Crippen LogP contribution in [-0.4, -0.2) is 19.0 Å². The zero-order valence-electron chi connectivity index (χ0n) is 7.25. The van der Waals surface area contributed by atoms with Gasteiger partial charge in [-0.05, 0) is 25.1 Å². The molecule has 12 heavy (non-hydrogen) atoms. The molecule has 0 saturated carbocycles. The van der Waals surface area contributed by atoms with E-state index in [0.29, 0.717) is 0 Å². The zero-order chi connectivity index (χ0) is 8.65. The molecule has 0 N–H and O–H groups in total. The molecule has 0 amide bonds. The molecule has 0 aliphatic rings. The number of thioether (sulfide) groups is 1. The third-order valence-corrected chi connectivity index (χ3v) is 2.36. The van der Waals surface area contributed by atoms with Crippen molar-refractivity contribution in [2.45, 2.75) is 11.8 Å². The molecule has 0 saturated heterocycles. The van der Waals surface area contributed by atoms with E-state index in [9.17, 15) is 0 Å². The van der Waals surface area contributed by atoms with E-state index < -0.39 is 0 Å². The zero-order valence-corrected chi connectivity index (χ0v) is 8.06. The van der Waals surface area contributed by atoms with Crippen LogP contribution in [0, 0.1) is 6.07 Å². The van der Waals surface area contributed by atoms with Gasteiger partial charge in [-0.2, -0.15) is 0 Å². The molecule has 0 bridgehead atoms. The normalized spacial score (nSPS) is 10.1. The number of ether oxygens (including phenoxy) is 1. The fourth-order valence-electron chi connectivity index (χ4n) is 0.831. The van der Waals surface area contributed by atoms with Crippen LogP contribution >= 0.6 is 11.8 Å². The Balaban J connectivity index is 2.16. The van der Waals surface area contributed by atoms with Gasteiger partial charge >= 0.3 is 0 Å². The summed E-state index contributed by atoms with van der Waals surface area (Å²) in [6.07, 6.45) is 0. The van der Waals surface area contributed by atoms with Gasteiger partial charge in [0.25, 0.3) is 0 Å². The van der Waals surface area contributed by atoms with E-state index in [1.54, 1.807) is 0 Å². The highest BCUT2D eigenvalue weighted by molar-refractivity contribution is 7.99. The first-order chi connectivity index (χ1) is 5.93. The highest BCUT2D eigenvalue weighted by Gasteiger charge is 1.90. The second-order valence-corrected chi connectivity index (χ2v) is 3.45. The summed E-state index contributed by atoms with van der Waals surface area (Å²) >= 11 is 1.82. The first-order valence-electron chi connectivity index (χ1n) is 4.10. The van der Waals surface area contributed by atoms with E-state index in [1.165, 1.54) is 4.90 Å². The predicted molar refractivity (Wildman–Crippen MR) is 52.5 cm³/mol. The minimum Gasteiger partial charge on any atom is -0.381 e. The first kappa shape index (κ1) is 9.62. The standard InChI is InChI=1S/C10H13OS/c1-2-11-8-9-12-10-6-4-3-5-7-10/h4-7H,2,8-9H2,1H3. The summed E-state index contributed by atoms with van der Waals surface area (Å²) in [5.74, 6) is 1.03. The maximum Gasteiger partial charge on any atom is 0.0560 e. The maximum absolute atomic E-state index is 5.23. The van der Waals surface area contributed by atoms with Crippen LogP contribution < -0.4 is 0 Å². The van der Waals surface area contributed by atoms with Crippen molar-refractivity contribution in [3.05, 3.63) is 30.3 Å². The Morgan fingerprint density at radius 3 is 2.83 bits per heavy atom. The highest BCUT2D eigenvalue weighted by Crippen LogP contribution is 2.15. The molecule has 1 radical (unpaired) electrons. The molecule has 65 valence electrons. The van der Waals surface area contributed by atoms with E-state index >= 15 is 0 Å². The van der Waals surface area contributed by atoms with Gasteiger partial charge < -0.3 is 4.74 Å². The van der Waals surface area contributed by atoms with E-state index in [0.717, 1.165) is 19.0 Å². The minimum absolute atomic E-state index is 0.809. The SMILES string of the molecule is CCOCCSc1cc[c]cc1. The van der Waals surface area contributed by atoms with Gasteiger partial charge in [0.1, 0.15) is 0 Å². The smallest absolute Gasteiger partial charge is 0.0560 e. The third-order valence-electron chi connectivity index (χ3n) is 1.39. The average molecular weight is 181 g/mol. The number of benzene rings is 1. The van der Waals surface area contributed by atoms with E-state index in [2.05, 4.69) is 18.2 Å². The molecule has 0 aromatic heterocycles. The van der Waals surface area contributed by atoms with Crippen molar-refractivity contribution in [2.24, 2.45) is 0 Å². The Bertz CT molecular complexity index is 198. The summed E-state index contributed by atoms with van der Waals surface area (Å²) in [7, 11) is 0. The lowest BCUT2D eigenvalue weighted by Gasteiger charge is -2.00. The van der Waals surface area contributed by atoms with Gasteiger partial charge in [0.15, 0.2) is 0 Å². The van der Waals surface area contributed by atoms with Gasteiger partial charge in [-0.1, -0.05) is 12.1 Å². The summed E-state index contributed by atoms with van der Waals surface area (Å²) in [6.45, 7) is 3.66. The summed E-state index contributed by atoms with van der Waals surface area (Å²) in [5, 5.41) is 0. The van der Waals surface area contributed by atoms with Crippen molar-refractivity contribution in [1.82, 2.24) is 0 Å². The molecule has 1 nitrogen and oxygen atoms in total. The van der Waals surface area contributed by atoms with Crippen molar-refractivity contribution in [1.29, 1.82) is 0 Å². The van der Waals surface area contributed by atoms with Crippen LogP contribution in [0.25, 0.3) is 0 Å². The molecular weight excluding hydrogens is 168 g/mol. The summed E-state index contributed by atoms with van der Waals surface area (Å²) in [6, 6.07) is 11.0. The van der Waals surface area contributed by atoms with Crippen LogP contribution in [0.4, 0.5) is 0 Å². The van der Waals surface area contributed by atoms with Gasteiger partial charge in [-0.25, -0.2) is 0 Å². The van der Waals surface area contributed by atoms with Crippen LogP contribution in [0.1, 0.15) is 6.92 Å². The number of hydrogen-bond donors (Lipinski definition) is 0.